The minimum absolute atomic E-state index is 0.0111. The van der Waals surface area contributed by atoms with E-state index in [1.807, 2.05) is 13.8 Å². The first-order valence-corrected chi connectivity index (χ1v) is 13.5. The molecule has 37 heavy (non-hydrogen) atoms. The Balaban J connectivity index is 2.02. The van der Waals surface area contributed by atoms with Gasteiger partial charge in [0.2, 0.25) is 11.8 Å². The molecule has 9 heteroatoms. The summed E-state index contributed by atoms with van der Waals surface area (Å²) in [4.78, 5) is 28.3. The summed E-state index contributed by atoms with van der Waals surface area (Å²) in [6.07, 6.45) is 0.308. The highest BCUT2D eigenvalue weighted by Gasteiger charge is 2.33. The summed E-state index contributed by atoms with van der Waals surface area (Å²) in [5, 5.41) is 2.84. The maximum Gasteiger partial charge on any atom is 0.264 e. The summed E-state index contributed by atoms with van der Waals surface area (Å²) in [7, 11) is -4.10. The first kappa shape index (κ1) is 27.9. The van der Waals surface area contributed by atoms with E-state index in [-0.39, 0.29) is 23.4 Å². The lowest BCUT2D eigenvalue weighted by atomic mass is 10.1. The van der Waals surface area contributed by atoms with E-state index in [4.69, 9.17) is 0 Å². The van der Waals surface area contributed by atoms with Crippen LogP contribution in [0.15, 0.2) is 89.8 Å². The molecule has 2 amide bonds. The van der Waals surface area contributed by atoms with Crippen LogP contribution in [0, 0.1) is 5.82 Å². The fourth-order valence-corrected chi connectivity index (χ4v) is 5.36. The van der Waals surface area contributed by atoms with Crippen LogP contribution < -0.4 is 9.62 Å². The van der Waals surface area contributed by atoms with Crippen molar-refractivity contribution in [2.24, 2.45) is 0 Å². The maximum absolute atomic E-state index is 13.8. The fourth-order valence-electron chi connectivity index (χ4n) is 3.93. The van der Waals surface area contributed by atoms with Gasteiger partial charge in [-0.05, 0) is 62.2 Å². The van der Waals surface area contributed by atoms with E-state index < -0.39 is 34.3 Å². The standard InChI is InChI=1S/C28H32FN3O4S/c1-4-26(28(34)30-21(2)3)31(19-22-15-17-23(29)18-16-22)27(33)20-32(24-11-7-5-8-12-24)37(35,36)25-13-9-6-10-14-25/h5-18,21,26H,4,19-20H2,1-3H3,(H,30,34)/t26-/m1/s1. The maximum atomic E-state index is 13.8. The van der Waals surface area contributed by atoms with Crippen molar-refractivity contribution in [3.05, 3.63) is 96.3 Å². The molecule has 7 nitrogen and oxygen atoms in total. The van der Waals surface area contributed by atoms with Gasteiger partial charge in [0.1, 0.15) is 18.4 Å². The highest BCUT2D eigenvalue weighted by atomic mass is 32.2. The Morgan fingerprint density at radius 2 is 1.46 bits per heavy atom. The fraction of sp³-hybridized carbons (Fsp3) is 0.286. The third kappa shape index (κ3) is 7.16. The van der Waals surface area contributed by atoms with Crippen LogP contribution in [-0.4, -0.2) is 43.8 Å². The summed E-state index contributed by atoms with van der Waals surface area (Å²) in [5.74, 6) is -1.32. The number of nitrogens with one attached hydrogen (secondary N) is 1. The molecule has 196 valence electrons. The topological polar surface area (TPSA) is 86.8 Å². The predicted molar refractivity (Wildman–Crippen MR) is 142 cm³/mol. The minimum Gasteiger partial charge on any atom is -0.352 e. The highest BCUT2D eigenvalue weighted by molar-refractivity contribution is 7.92. The Kier molecular flexibility index (Phi) is 9.41. The lowest BCUT2D eigenvalue weighted by Crippen LogP contribution is -2.53. The van der Waals surface area contributed by atoms with Gasteiger partial charge in [0, 0.05) is 12.6 Å². The Bertz CT molecular complexity index is 1280. The van der Waals surface area contributed by atoms with E-state index in [9.17, 15) is 22.4 Å². The van der Waals surface area contributed by atoms with Gasteiger partial charge in [-0.1, -0.05) is 55.5 Å². The van der Waals surface area contributed by atoms with E-state index in [0.717, 1.165) is 4.31 Å². The number of sulfonamides is 1. The largest absolute Gasteiger partial charge is 0.352 e. The van der Waals surface area contributed by atoms with E-state index in [2.05, 4.69) is 5.32 Å². The summed E-state index contributed by atoms with van der Waals surface area (Å²) in [6, 6.07) is 20.9. The van der Waals surface area contributed by atoms with Crippen molar-refractivity contribution < 1.29 is 22.4 Å². The zero-order valence-corrected chi connectivity index (χ0v) is 22.0. The molecule has 0 bridgehead atoms. The van der Waals surface area contributed by atoms with Crippen molar-refractivity contribution in [3.8, 4) is 0 Å². The number of halogens is 1. The highest BCUT2D eigenvalue weighted by Crippen LogP contribution is 2.24. The number of carbonyl (C=O) groups excluding carboxylic acids is 2. The number of para-hydroxylation sites is 1. The van der Waals surface area contributed by atoms with Crippen molar-refractivity contribution in [2.75, 3.05) is 10.8 Å². The Hall–Kier alpha value is -3.72. The number of nitrogens with zero attached hydrogens (tertiary/aromatic N) is 2. The Morgan fingerprint density at radius 1 is 0.892 bits per heavy atom. The second kappa shape index (κ2) is 12.5. The molecule has 1 N–H and O–H groups in total. The van der Waals surface area contributed by atoms with Crippen molar-refractivity contribution in [3.63, 3.8) is 0 Å². The van der Waals surface area contributed by atoms with E-state index >= 15 is 0 Å². The van der Waals surface area contributed by atoms with Crippen molar-refractivity contribution in [1.82, 2.24) is 10.2 Å². The molecule has 0 radical (unpaired) electrons. The summed E-state index contributed by atoms with van der Waals surface area (Å²) in [6.45, 7) is 4.91. The van der Waals surface area contributed by atoms with Gasteiger partial charge in [-0.15, -0.1) is 0 Å². The number of rotatable bonds is 11. The van der Waals surface area contributed by atoms with Crippen LogP contribution in [0.2, 0.25) is 0 Å². The number of benzene rings is 3. The molecule has 0 aromatic heterocycles. The van der Waals surface area contributed by atoms with Crippen LogP contribution in [0.25, 0.3) is 0 Å². The molecular formula is C28H32FN3O4S. The third-order valence-electron chi connectivity index (χ3n) is 5.74. The summed E-state index contributed by atoms with van der Waals surface area (Å²) >= 11 is 0. The van der Waals surface area contributed by atoms with Gasteiger partial charge in [0.05, 0.1) is 10.6 Å². The second-order valence-corrected chi connectivity index (χ2v) is 10.8. The zero-order valence-electron chi connectivity index (χ0n) is 21.2. The van der Waals surface area contributed by atoms with Crippen LogP contribution in [0.4, 0.5) is 10.1 Å². The zero-order chi connectivity index (χ0) is 27.0. The molecule has 1 atom stereocenters. The van der Waals surface area contributed by atoms with E-state index in [0.29, 0.717) is 17.7 Å². The number of carbonyl (C=O) groups is 2. The predicted octanol–water partition coefficient (Wildman–Crippen LogP) is 4.35. The monoisotopic (exact) mass is 525 g/mol. The van der Waals surface area contributed by atoms with Crippen LogP contribution in [0.5, 0.6) is 0 Å². The van der Waals surface area contributed by atoms with Crippen molar-refractivity contribution >= 4 is 27.5 Å². The number of amides is 2. The van der Waals surface area contributed by atoms with Crippen LogP contribution in [0.3, 0.4) is 0 Å². The molecule has 3 aromatic carbocycles. The van der Waals surface area contributed by atoms with Crippen LogP contribution in [-0.2, 0) is 26.2 Å². The Morgan fingerprint density at radius 3 is 2.00 bits per heavy atom. The average molecular weight is 526 g/mol. The molecule has 0 aliphatic heterocycles. The van der Waals surface area contributed by atoms with Gasteiger partial charge in [0.15, 0.2) is 0 Å². The second-order valence-electron chi connectivity index (χ2n) is 8.90. The summed E-state index contributed by atoms with van der Waals surface area (Å²) < 4.78 is 41.8. The van der Waals surface area contributed by atoms with Crippen LogP contribution >= 0.6 is 0 Å². The lowest BCUT2D eigenvalue weighted by Gasteiger charge is -2.33. The van der Waals surface area contributed by atoms with Gasteiger partial charge >= 0.3 is 0 Å². The van der Waals surface area contributed by atoms with E-state index in [1.54, 1.807) is 67.6 Å². The van der Waals surface area contributed by atoms with Gasteiger partial charge in [-0.3, -0.25) is 13.9 Å². The normalized spacial score (nSPS) is 12.1. The lowest BCUT2D eigenvalue weighted by molar-refractivity contribution is -0.140. The summed E-state index contributed by atoms with van der Waals surface area (Å²) in [5.41, 5.74) is 0.934. The van der Waals surface area contributed by atoms with Crippen molar-refractivity contribution in [2.45, 2.75) is 50.7 Å². The molecule has 0 aliphatic rings. The molecule has 0 heterocycles. The molecule has 0 fully saturated rings. The van der Waals surface area contributed by atoms with E-state index in [1.165, 1.54) is 29.2 Å². The van der Waals surface area contributed by atoms with Gasteiger partial charge in [-0.25, -0.2) is 12.8 Å². The molecule has 0 saturated carbocycles. The molecule has 3 rings (SSSR count). The molecule has 0 unspecified atom stereocenters. The number of anilines is 1. The molecule has 0 spiro atoms. The third-order valence-corrected chi connectivity index (χ3v) is 7.53. The van der Waals surface area contributed by atoms with Gasteiger partial charge in [0.25, 0.3) is 10.0 Å². The first-order valence-electron chi connectivity index (χ1n) is 12.1. The van der Waals surface area contributed by atoms with Gasteiger partial charge < -0.3 is 10.2 Å². The molecular weight excluding hydrogens is 493 g/mol. The smallest absolute Gasteiger partial charge is 0.264 e. The Labute approximate surface area is 218 Å². The average Bonchev–Trinajstić information content (AvgIpc) is 2.88. The number of hydrogen-bond donors (Lipinski definition) is 1. The minimum atomic E-state index is -4.10. The molecule has 0 aliphatic carbocycles. The SMILES string of the molecule is CC[C@H](C(=O)NC(C)C)N(Cc1ccc(F)cc1)C(=O)CN(c1ccccc1)S(=O)(=O)c1ccccc1. The number of hydrogen-bond acceptors (Lipinski definition) is 4. The van der Waals surface area contributed by atoms with Crippen molar-refractivity contribution in [1.29, 1.82) is 0 Å². The molecule has 3 aromatic rings. The molecule has 0 saturated heterocycles. The van der Waals surface area contributed by atoms with Crippen LogP contribution in [0.1, 0.15) is 32.8 Å². The van der Waals surface area contributed by atoms with Gasteiger partial charge in [-0.2, -0.15) is 0 Å². The quantitative estimate of drug-likeness (QED) is 0.403. The first-order chi connectivity index (χ1) is 17.6.